The van der Waals surface area contributed by atoms with Gasteiger partial charge >= 0.3 is 5.97 Å². The lowest BCUT2D eigenvalue weighted by Gasteiger charge is -2.14. The highest BCUT2D eigenvalue weighted by Crippen LogP contribution is 2.24. The highest BCUT2D eigenvalue weighted by molar-refractivity contribution is 14.1. The van der Waals surface area contributed by atoms with Crippen molar-refractivity contribution in [2.24, 2.45) is 5.92 Å². The lowest BCUT2D eigenvalue weighted by molar-refractivity contribution is -0.145. The van der Waals surface area contributed by atoms with Gasteiger partial charge in [0.2, 0.25) is 5.91 Å². The number of carbonyl (C=O) groups is 2. The van der Waals surface area contributed by atoms with Crippen LogP contribution < -0.4 is 4.90 Å². The van der Waals surface area contributed by atoms with E-state index in [9.17, 15) is 9.59 Å². The topological polar surface area (TPSA) is 59.5 Å². The Kier molecular flexibility index (Phi) is 3.60. The fourth-order valence-electron chi connectivity index (χ4n) is 1.78. The molecule has 1 unspecified atom stereocenters. The predicted molar refractivity (Wildman–Crippen MR) is 69.4 cm³/mol. The maximum Gasteiger partial charge on any atom is 0.311 e. The highest BCUT2D eigenvalue weighted by Gasteiger charge is 2.36. The second kappa shape index (κ2) is 4.99. The molecule has 0 saturated carbocycles. The first-order valence-electron chi connectivity index (χ1n) is 5.11. The summed E-state index contributed by atoms with van der Waals surface area (Å²) >= 11 is 2.15. The van der Waals surface area contributed by atoms with Crippen molar-refractivity contribution in [2.75, 3.05) is 18.6 Å². The second-order valence-corrected chi connectivity index (χ2v) is 5.01. The molecule has 17 heavy (non-hydrogen) atoms. The molecule has 2 heterocycles. The maximum absolute atomic E-state index is 11.8. The molecule has 1 fully saturated rings. The number of ether oxygens (including phenoxy) is 1. The fraction of sp³-hybridized carbons (Fsp3) is 0.364. The van der Waals surface area contributed by atoms with Crippen LogP contribution in [-0.4, -0.2) is 30.5 Å². The molecule has 2 rings (SSSR count). The summed E-state index contributed by atoms with van der Waals surface area (Å²) in [6.45, 7) is 0.346. The van der Waals surface area contributed by atoms with Gasteiger partial charge in [-0.2, -0.15) is 0 Å². The SMILES string of the molecule is COC(=O)C1CC(=O)N(c2ccc(I)cn2)C1. The second-order valence-electron chi connectivity index (χ2n) is 3.76. The minimum absolute atomic E-state index is 0.0888. The molecule has 1 atom stereocenters. The number of halogens is 1. The molecule has 1 saturated heterocycles. The summed E-state index contributed by atoms with van der Waals surface area (Å²) in [5.41, 5.74) is 0. The Morgan fingerprint density at radius 3 is 2.94 bits per heavy atom. The quantitative estimate of drug-likeness (QED) is 0.597. The molecule has 0 aliphatic carbocycles. The smallest absolute Gasteiger partial charge is 0.311 e. The van der Waals surface area contributed by atoms with E-state index in [2.05, 4.69) is 32.3 Å². The molecule has 0 aromatic carbocycles. The zero-order chi connectivity index (χ0) is 12.4. The van der Waals surface area contributed by atoms with Gasteiger partial charge < -0.3 is 4.74 Å². The first-order chi connectivity index (χ1) is 8.11. The van der Waals surface area contributed by atoms with Gasteiger partial charge in [-0.1, -0.05) is 0 Å². The minimum atomic E-state index is -0.381. The van der Waals surface area contributed by atoms with Gasteiger partial charge in [-0.05, 0) is 34.7 Å². The van der Waals surface area contributed by atoms with E-state index in [0.717, 1.165) is 3.57 Å². The molecule has 1 aliphatic heterocycles. The molecule has 1 aliphatic rings. The number of anilines is 1. The van der Waals surface area contributed by atoms with Crippen molar-refractivity contribution < 1.29 is 14.3 Å². The van der Waals surface area contributed by atoms with Crippen molar-refractivity contribution in [3.05, 3.63) is 21.9 Å². The molecular formula is C11H11IN2O3. The number of methoxy groups -OCH3 is 1. The van der Waals surface area contributed by atoms with E-state index >= 15 is 0 Å². The van der Waals surface area contributed by atoms with Gasteiger partial charge in [-0.25, -0.2) is 4.98 Å². The van der Waals surface area contributed by atoms with Crippen LogP contribution in [0.15, 0.2) is 18.3 Å². The van der Waals surface area contributed by atoms with E-state index in [1.54, 1.807) is 12.3 Å². The number of aromatic nitrogens is 1. The normalized spacial score (nSPS) is 19.5. The Morgan fingerprint density at radius 1 is 1.59 bits per heavy atom. The van der Waals surface area contributed by atoms with Crippen molar-refractivity contribution >= 4 is 40.3 Å². The van der Waals surface area contributed by atoms with E-state index in [4.69, 9.17) is 0 Å². The largest absolute Gasteiger partial charge is 0.469 e. The molecule has 0 bridgehead atoms. The van der Waals surface area contributed by atoms with E-state index in [1.165, 1.54) is 12.0 Å². The third-order valence-corrected chi connectivity index (χ3v) is 3.29. The summed E-state index contributed by atoms with van der Waals surface area (Å²) in [4.78, 5) is 28.8. The predicted octanol–water partition coefficient (Wildman–Crippen LogP) is 1.21. The molecule has 1 amide bonds. The number of pyridine rings is 1. The standard InChI is InChI=1S/C11H11IN2O3/c1-17-11(16)7-4-10(15)14(6-7)9-3-2-8(12)5-13-9/h2-3,5,7H,4,6H2,1H3. The molecule has 5 nitrogen and oxygen atoms in total. The Balaban J connectivity index is 2.15. The summed E-state index contributed by atoms with van der Waals surface area (Å²) in [5.74, 6) is -0.226. The van der Waals surface area contributed by atoms with Crippen molar-refractivity contribution in [1.29, 1.82) is 0 Å². The molecule has 1 aromatic heterocycles. The lowest BCUT2D eigenvalue weighted by Crippen LogP contribution is -2.26. The van der Waals surface area contributed by atoms with Gasteiger partial charge in [0.05, 0.1) is 13.0 Å². The third-order valence-electron chi connectivity index (χ3n) is 2.65. The van der Waals surface area contributed by atoms with Crippen LogP contribution in [0.2, 0.25) is 0 Å². The van der Waals surface area contributed by atoms with E-state index < -0.39 is 0 Å². The zero-order valence-electron chi connectivity index (χ0n) is 9.22. The van der Waals surface area contributed by atoms with E-state index in [1.807, 2.05) is 6.07 Å². The van der Waals surface area contributed by atoms with Crippen molar-refractivity contribution in [2.45, 2.75) is 6.42 Å². The molecular weight excluding hydrogens is 335 g/mol. The molecule has 0 spiro atoms. The summed E-state index contributed by atoms with van der Waals surface area (Å²) < 4.78 is 5.65. The summed E-state index contributed by atoms with van der Waals surface area (Å²) in [5, 5.41) is 0. The third kappa shape index (κ3) is 2.56. The lowest BCUT2D eigenvalue weighted by atomic mass is 10.1. The van der Waals surface area contributed by atoms with Crippen LogP contribution in [0.3, 0.4) is 0 Å². The number of carbonyl (C=O) groups excluding carboxylic acids is 2. The zero-order valence-corrected chi connectivity index (χ0v) is 11.4. The van der Waals surface area contributed by atoms with Gasteiger partial charge in [0.1, 0.15) is 5.82 Å². The van der Waals surface area contributed by atoms with Crippen LogP contribution >= 0.6 is 22.6 Å². The van der Waals surface area contributed by atoms with Gasteiger partial charge in [0.25, 0.3) is 0 Å². The summed E-state index contributed by atoms with van der Waals surface area (Å²) in [6.07, 6.45) is 1.88. The molecule has 6 heteroatoms. The number of hydrogen-bond donors (Lipinski definition) is 0. The number of amides is 1. The van der Waals surface area contributed by atoms with Crippen molar-refractivity contribution in [1.82, 2.24) is 4.98 Å². The fourth-order valence-corrected chi connectivity index (χ4v) is 2.10. The van der Waals surface area contributed by atoms with Crippen LogP contribution in [0.4, 0.5) is 5.82 Å². The Bertz CT molecular complexity index is 447. The van der Waals surface area contributed by atoms with E-state index in [0.29, 0.717) is 12.4 Å². The van der Waals surface area contributed by atoms with Crippen LogP contribution in [0.25, 0.3) is 0 Å². The van der Waals surface area contributed by atoms with Gasteiger partial charge in [-0.15, -0.1) is 0 Å². The summed E-state index contributed by atoms with van der Waals surface area (Å²) in [7, 11) is 1.33. The Morgan fingerprint density at radius 2 is 2.35 bits per heavy atom. The maximum atomic E-state index is 11.8. The van der Waals surface area contributed by atoms with Crippen LogP contribution in [-0.2, 0) is 14.3 Å². The summed E-state index contributed by atoms with van der Waals surface area (Å²) in [6, 6.07) is 3.65. The van der Waals surface area contributed by atoms with E-state index in [-0.39, 0.29) is 24.2 Å². The van der Waals surface area contributed by atoms with Crippen molar-refractivity contribution in [3.63, 3.8) is 0 Å². The molecule has 1 aromatic rings. The number of nitrogens with zero attached hydrogens (tertiary/aromatic N) is 2. The van der Waals surface area contributed by atoms with Gasteiger partial charge in [-0.3, -0.25) is 14.5 Å². The first kappa shape index (κ1) is 12.3. The Hall–Kier alpha value is -1.18. The van der Waals surface area contributed by atoms with Crippen LogP contribution in [0.5, 0.6) is 0 Å². The molecule has 0 radical (unpaired) electrons. The van der Waals surface area contributed by atoms with Crippen LogP contribution in [0.1, 0.15) is 6.42 Å². The highest BCUT2D eigenvalue weighted by atomic mass is 127. The number of esters is 1. The average Bonchev–Trinajstić information content (AvgIpc) is 2.71. The van der Waals surface area contributed by atoms with Crippen molar-refractivity contribution in [3.8, 4) is 0 Å². The number of hydrogen-bond acceptors (Lipinski definition) is 4. The monoisotopic (exact) mass is 346 g/mol. The first-order valence-corrected chi connectivity index (χ1v) is 6.19. The Labute approximate surface area is 112 Å². The van der Waals surface area contributed by atoms with Gasteiger partial charge in [0.15, 0.2) is 0 Å². The minimum Gasteiger partial charge on any atom is -0.469 e. The molecule has 0 N–H and O–H groups in total. The van der Waals surface area contributed by atoms with Gasteiger partial charge in [0, 0.05) is 22.7 Å². The average molecular weight is 346 g/mol. The molecule has 90 valence electrons. The van der Waals surface area contributed by atoms with Crippen LogP contribution in [0, 0.1) is 9.49 Å². The number of rotatable bonds is 2.